The number of carbonyl (C=O) groups excluding carboxylic acids is 2. The van der Waals surface area contributed by atoms with Gasteiger partial charge in [-0.2, -0.15) is 0 Å². The maximum Gasteiger partial charge on any atom is 0.344 e. The van der Waals surface area contributed by atoms with Gasteiger partial charge in [0, 0.05) is 31.7 Å². The van der Waals surface area contributed by atoms with Crippen molar-refractivity contribution in [2.24, 2.45) is 5.92 Å². The number of hydrogen-bond donors (Lipinski definition) is 1. The molecule has 0 saturated carbocycles. The number of anilines is 1. The summed E-state index contributed by atoms with van der Waals surface area (Å²) in [6.07, 6.45) is 4.15. The van der Waals surface area contributed by atoms with E-state index in [-0.39, 0.29) is 36.9 Å². The average Bonchev–Trinajstić information content (AvgIpc) is 2.90. The van der Waals surface area contributed by atoms with Crippen LogP contribution in [0.2, 0.25) is 0 Å². The van der Waals surface area contributed by atoms with Gasteiger partial charge in [-0.05, 0) is 75.0 Å². The van der Waals surface area contributed by atoms with E-state index in [1.54, 1.807) is 6.92 Å². The fourth-order valence-electron chi connectivity index (χ4n) is 4.99. The van der Waals surface area contributed by atoms with Gasteiger partial charge in [0.2, 0.25) is 5.91 Å². The molecule has 2 aromatic rings. The highest BCUT2D eigenvalue weighted by Gasteiger charge is 2.35. The Morgan fingerprint density at radius 3 is 2.44 bits per heavy atom. The van der Waals surface area contributed by atoms with E-state index in [4.69, 9.17) is 9.47 Å². The predicted octanol–water partition coefficient (Wildman–Crippen LogP) is 3.70. The lowest BCUT2D eigenvalue weighted by Gasteiger charge is -2.42. The third-order valence-corrected chi connectivity index (χ3v) is 6.95. The number of nitrogens with zero attached hydrogens (tertiary/aromatic N) is 2. The summed E-state index contributed by atoms with van der Waals surface area (Å²) in [6.45, 7) is 6.52. The van der Waals surface area contributed by atoms with Crippen molar-refractivity contribution in [1.29, 1.82) is 0 Å². The van der Waals surface area contributed by atoms with Crippen LogP contribution >= 0.6 is 12.4 Å². The van der Waals surface area contributed by atoms with Gasteiger partial charge in [-0.3, -0.25) is 4.79 Å². The Balaban J connectivity index is 0.00000361. The lowest BCUT2D eigenvalue weighted by molar-refractivity contribution is -0.145. The van der Waals surface area contributed by atoms with E-state index in [9.17, 15) is 9.59 Å². The number of carbonyl (C=O) groups is 2. The average molecular weight is 516 g/mol. The first-order valence-electron chi connectivity index (χ1n) is 12.8. The Kier molecular flexibility index (Phi) is 10.9. The number of nitrogens with one attached hydrogen (secondary N) is 1. The van der Waals surface area contributed by atoms with Gasteiger partial charge in [0.15, 0.2) is 6.61 Å². The van der Waals surface area contributed by atoms with Crippen molar-refractivity contribution in [3.63, 3.8) is 0 Å². The normalized spacial score (nSPS) is 18.5. The van der Waals surface area contributed by atoms with Crippen LogP contribution in [0.4, 0.5) is 5.69 Å². The van der Waals surface area contributed by atoms with Crippen molar-refractivity contribution < 1.29 is 19.1 Å². The van der Waals surface area contributed by atoms with E-state index in [1.807, 2.05) is 42.5 Å². The maximum absolute atomic E-state index is 13.7. The molecule has 36 heavy (non-hydrogen) atoms. The van der Waals surface area contributed by atoms with Crippen molar-refractivity contribution >= 4 is 30.0 Å². The number of amides is 1. The molecule has 7 nitrogen and oxygen atoms in total. The van der Waals surface area contributed by atoms with Crippen molar-refractivity contribution in [1.82, 2.24) is 10.2 Å². The molecular weight excluding hydrogens is 478 g/mol. The van der Waals surface area contributed by atoms with Crippen molar-refractivity contribution in [3.8, 4) is 5.75 Å². The van der Waals surface area contributed by atoms with E-state index in [1.165, 1.54) is 12.8 Å². The molecule has 0 bridgehead atoms. The number of esters is 1. The summed E-state index contributed by atoms with van der Waals surface area (Å²) in [7, 11) is 0. The Bertz CT molecular complexity index is 951. The van der Waals surface area contributed by atoms with Crippen LogP contribution in [0.3, 0.4) is 0 Å². The van der Waals surface area contributed by atoms with Gasteiger partial charge in [-0.15, -0.1) is 12.4 Å². The second-order valence-corrected chi connectivity index (χ2v) is 9.29. The van der Waals surface area contributed by atoms with E-state index >= 15 is 0 Å². The van der Waals surface area contributed by atoms with Crippen molar-refractivity contribution in [3.05, 3.63) is 60.2 Å². The van der Waals surface area contributed by atoms with E-state index in [2.05, 4.69) is 27.2 Å². The lowest BCUT2D eigenvalue weighted by Crippen LogP contribution is -2.58. The molecule has 1 amide bonds. The fourth-order valence-corrected chi connectivity index (χ4v) is 4.99. The highest BCUT2D eigenvalue weighted by Crippen LogP contribution is 2.27. The number of halogens is 1. The first kappa shape index (κ1) is 27.8. The molecule has 0 spiro atoms. The van der Waals surface area contributed by atoms with Crippen LogP contribution < -0.4 is 15.0 Å². The standard InChI is InChI=1S/C28H37N3O4.ClH/c1-2-34-27(32)21-35-25-10-8-24(9-11-25)31-19-18-30(17-14-22-12-15-29-16-13-22)28(33)26(31)20-23-6-4-3-5-7-23;/h3-11,22,26,29H,2,12-21H2,1H3;1H. The molecular formula is C28H38ClN3O4. The van der Waals surface area contributed by atoms with Gasteiger partial charge < -0.3 is 24.6 Å². The summed E-state index contributed by atoms with van der Waals surface area (Å²) in [5.74, 6) is 1.13. The zero-order valence-corrected chi connectivity index (χ0v) is 21.9. The molecule has 2 aliphatic rings. The fraction of sp³-hybridized carbons (Fsp3) is 0.500. The number of benzene rings is 2. The molecule has 2 fully saturated rings. The molecule has 196 valence electrons. The molecule has 2 aliphatic heterocycles. The zero-order chi connectivity index (χ0) is 24.5. The number of hydrogen-bond acceptors (Lipinski definition) is 6. The SMILES string of the molecule is CCOC(=O)COc1ccc(N2CCN(CCC3CCNCC3)C(=O)C2Cc2ccccc2)cc1.Cl. The summed E-state index contributed by atoms with van der Waals surface area (Å²) in [5.41, 5.74) is 2.14. The maximum atomic E-state index is 13.7. The summed E-state index contributed by atoms with van der Waals surface area (Å²) in [6, 6.07) is 17.6. The summed E-state index contributed by atoms with van der Waals surface area (Å²) < 4.78 is 10.5. The molecule has 1 unspecified atom stereocenters. The van der Waals surface area contributed by atoms with Crippen LogP contribution in [-0.2, 0) is 20.7 Å². The quantitative estimate of drug-likeness (QED) is 0.486. The Morgan fingerprint density at radius 2 is 1.75 bits per heavy atom. The second-order valence-electron chi connectivity index (χ2n) is 9.29. The Morgan fingerprint density at radius 1 is 1.03 bits per heavy atom. The molecule has 2 saturated heterocycles. The Hall–Kier alpha value is -2.77. The van der Waals surface area contributed by atoms with E-state index in [0.717, 1.165) is 50.4 Å². The third kappa shape index (κ3) is 7.61. The number of ether oxygens (including phenoxy) is 2. The van der Waals surface area contributed by atoms with Gasteiger partial charge in [0.1, 0.15) is 11.8 Å². The van der Waals surface area contributed by atoms with Gasteiger partial charge in [0.05, 0.1) is 6.61 Å². The smallest absolute Gasteiger partial charge is 0.344 e. The van der Waals surface area contributed by atoms with Crippen LogP contribution in [0.5, 0.6) is 5.75 Å². The molecule has 8 heteroatoms. The largest absolute Gasteiger partial charge is 0.482 e. The van der Waals surface area contributed by atoms with Crippen LogP contribution in [0.1, 0.15) is 31.7 Å². The van der Waals surface area contributed by atoms with Crippen molar-refractivity contribution in [2.75, 3.05) is 50.8 Å². The summed E-state index contributed by atoms with van der Waals surface area (Å²) in [4.78, 5) is 29.5. The minimum absolute atomic E-state index is 0. The first-order chi connectivity index (χ1) is 17.1. The van der Waals surface area contributed by atoms with Gasteiger partial charge in [-0.25, -0.2) is 4.79 Å². The topological polar surface area (TPSA) is 71.1 Å². The van der Waals surface area contributed by atoms with Crippen LogP contribution in [-0.4, -0.2) is 68.8 Å². The van der Waals surface area contributed by atoms with Crippen LogP contribution in [0.25, 0.3) is 0 Å². The Labute approximate surface area is 220 Å². The summed E-state index contributed by atoms with van der Waals surface area (Å²) in [5, 5.41) is 3.42. The highest BCUT2D eigenvalue weighted by atomic mass is 35.5. The van der Waals surface area contributed by atoms with Crippen molar-refractivity contribution in [2.45, 2.75) is 38.6 Å². The van der Waals surface area contributed by atoms with Crippen LogP contribution in [0, 0.1) is 5.92 Å². The van der Waals surface area contributed by atoms with Gasteiger partial charge >= 0.3 is 5.97 Å². The zero-order valence-electron chi connectivity index (χ0n) is 21.1. The molecule has 2 aromatic carbocycles. The number of piperazine rings is 1. The summed E-state index contributed by atoms with van der Waals surface area (Å²) >= 11 is 0. The predicted molar refractivity (Wildman–Crippen MR) is 144 cm³/mol. The van der Waals surface area contributed by atoms with Gasteiger partial charge in [-0.1, -0.05) is 30.3 Å². The molecule has 0 aliphatic carbocycles. The van der Waals surface area contributed by atoms with E-state index < -0.39 is 0 Å². The monoisotopic (exact) mass is 515 g/mol. The minimum atomic E-state index is -0.384. The highest BCUT2D eigenvalue weighted by molar-refractivity contribution is 5.87. The first-order valence-corrected chi connectivity index (χ1v) is 12.8. The second kappa shape index (κ2) is 14.1. The molecule has 1 N–H and O–H groups in total. The minimum Gasteiger partial charge on any atom is -0.482 e. The van der Waals surface area contributed by atoms with Gasteiger partial charge in [0.25, 0.3) is 0 Å². The number of rotatable bonds is 10. The molecule has 2 heterocycles. The van der Waals surface area contributed by atoms with E-state index in [0.29, 0.717) is 24.7 Å². The molecule has 1 atom stereocenters. The molecule has 0 radical (unpaired) electrons. The third-order valence-electron chi connectivity index (χ3n) is 6.95. The number of piperidine rings is 1. The lowest BCUT2D eigenvalue weighted by atomic mass is 9.94. The molecule has 4 rings (SSSR count). The molecule has 0 aromatic heterocycles. The van der Waals surface area contributed by atoms with Crippen LogP contribution in [0.15, 0.2) is 54.6 Å².